The molecule has 0 amide bonds. The zero-order chi connectivity index (χ0) is 26.1. The Hall–Kier alpha value is -3.53. The number of rotatable bonds is 7. The highest BCUT2D eigenvalue weighted by atomic mass is 35.5. The van der Waals surface area contributed by atoms with Crippen LogP contribution in [0.15, 0.2) is 48.5 Å². The third-order valence-corrected chi connectivity index (χ3v) is 7.52. The van der Waals surface area contributed by atoms with Crippen molar-refractivity contribution >= 4 is 40.2 Å². The summed E-state index contributed by atoms with van der Waals surface area (Å²) in [5.41, 5.74) is 6.41. The molecule has 0 unspecified atom stereocenters. The standard InChI is InChI=1S/C28H30ClN7O2/c29-27-30-23-24(25(32-27)35-11-9-19-5-1-3-7-21(19)17-35)31-28(34(13-15-37)14-16-38)33-26(23)36-12-10-20-6-2-4-8-22(20)18-36/h1-8,37-38H,9-18H2. The largest absolute Gasteiger partial charge is 0.395 e. The molecule has 4 heterocycles. The van der Waals surface area contributed by atoms with Crippen molar-refractivity contribution in [1.29, 1.82) is 0 Å². The van der Waals surface area contributed by atoms with Gasteiger partial charge in [-0.25, -0.2) is 9.97 Å². The first kappa shape index (κ1) is 24.8. The molecule has 196 valence electrons. The van der Waals surface area contributed by atoms with E-state index >= 15 is 0 Å². The van der Waals surface area contributed by atoms with Gasteiger partial charge in [-0.3, -0.25) is 0 Å². The first-order chi connectivity index (χ1) is 18.6. The molecule has 9 nitrogen and oxygen atoms in total. The molecule has 4 aromatic rings. The van der Waals surface area contributed by atoms with E-state index in [1.54, 1.807) is 4.90 Å². The Morgan fingerprint density at radius 3 is 1.74 bits per heavy atom. The molecule has 0 spiro atoms. The molecule has 0 bridgehead atoms. The second-order valence-electron chi connectivity index (χ2n) is 9.68. The Labute approximate surface area is 226 Å². The van der Waals surface area contributed by atoms with Crippen LogP contribution in [0, 0.1) is 0 Å². The summed E-state index contributed by atoms with van der Waals surface area (Å²) in [6.45, 7) is 3.38. The molecule has 2 aromatic heterocycles. The summed E-state index contributed by atoms with van der Waals surface area (Å²) in [6.07, 6.45) is 1.79. The predicted molar refractivity (Wildman–Crippen MR) is 149 cm³/mol. The molecule has 0 fully saturated rings. The van der Waals surface area contributed by atoms with Crippen LogP contribution in [0.4, 0.5) is 17.6 Å². The molecule has 2 aromatic carbocycles. The predicted octanol–water partition coefficient (Wildman–Crippen LogP) is 2.99. The van der Waals surface area contributed by atoms with Crippen LogP contribution in [0.1, 0.15) is 22.3 Å². The molecule has 0 radical (unpaired) electrons. The third-order valence-electron chi connectivity index (χ3n) is 7.35. The molecule has 10 heteroatoms. The summed E-state index contributed by atoms with van der Waals surface area (Å²) in [7, 11) is 0. The van der Waals surface area contributed by atoms with Gasteiger partial charge in [0.1, 0.15) is 11.0 Å². The van der Waals surface area contributed by atoms with Crippen LogP contribution in [-0.2, 0) is 25.9 Å². The van der Waals surface area contributed by atoms with Crippen molar-refractivity contribution in [1.82, 2.24) is 19.9 Å². The molecule has 0 saturated heterocycles. The summed E-state index contributed by atoms with van der Waals surface area (Å²) in [5, 5.41) is 19.6. The van der Waals surface area contributed by atoms with Crippen LogP contribution in [-0.4, -0.2) is 69.5 Å². The minimum atomic E-state index is -0.0826. The fraction of sp³-hybridized carbons (Fsp3) is 0.357. The van der Waals surface area contributed by atoms with Gasteiger partial charge in [-0.05, 0) is 46.7 Å². The van der Waals surface area contributed by atoms with Crippen LogP contribution in [0.5, 0.6) is 0 Å². The number of aliphatic hydroxyl groups is 2. The molecule has 0 aliphatic carbocycles. The Kier molecular flexibility index (Phi) is 6.97. The molecule has 0 atom stereocenters. The van der Waals surface area contributed by atoms with Gasteiger partial charge >= 0.3 is 0 Å². The van der Waals surface area contributed by atoms with Gasteiger partial charge in [0.25, 0.3) is 0 Å². The van der Waals surface area contributed by atoms with Crippen molar-refractivity contribution in [3.05, 3.63) is 76.1 Å². The van der Waals surface area contributed by atoms with E-state index in [9.17, 15) is 10.2 Å². The average Bonchev–Trinajstić information content (AvgIpc) is 2.95. The maximum absolute atomic E-state index is 9.71. The van der Waals surface area contributed by atoms with Crippen LogP contribution in [0.3, 0.4) is 0 Å². The normalized spacial score (nSPS) is 14.9. The minimum absolute atomic E-state index is 0.0826. The molecular formula is C28H30ClN7O2. The van der Waals surface area contributed by atoms with Gasteiger partial charge in [0.05, 0.1) is 13.2 Å². The zero-order valence-electron chi connectivity index (χ0n) is 21.1. The van der Waals surface area contributed by atoms with E-state index in [1.165, 1.54) is 22.3 Å². The van der Waals surface area contributed by atoms with Crippen LogP contribution >= 0.6 is 11.6 Å². The number of hydrogen-bond acceptors (Lipinski definition) is 9. The number of hydrogen-bond donors (Lipinski definition) is 2. The highest BCUT2D eigenvalue weighted by molar-refractivity contribution is 6.29. The molecule has 2 N–H and O–H groups in total. The van der Waals surface area contributed by atoms with Crippen molar-refractivity contribution in [3.63, 3.8) is 0 Å². The van der Waals surface area contributed by atoms with Gasteiger partial charge in [0.15, 0.2) is 11.6 Å². The summed E-state index contributed by atoms with van der Waals surface area (Å²) >= 11 is 6.54. The number of benzene rings is 2. The third kappa shape index (κ3) is 4.73. The first-order valence-electron chi connectivity index (χ1n) is 13.0. The Morgan fingerprint density at radius 1 is 0.684 bits per heavy atom. The summed E-state index contributed by atoms with van der Waals surface area (Å²) in [4.78, 5) is 25.4. The number of halogens is 1. The van der Waals surface area contributed by atoms with Gasteiger partial charge in [0.2, 0.25) is 11.2 Å². The van der Waals surface area contributed by atoms with Crippen LogP contribution in [0.25, 0.3) is 11.0 Å². The quantitative estimate of drug-likeness (QED) is 0.348. The highest BCUT2D eigenvalue weighted by Gasteiger charge is 2.27. The zero-order valence-corrected chi connectivity index (χ0v) is 21.8. The molecule has 0 saturated carbocycles. The van der Waals surface area contributed by atoms with E-state index in [-0.39, 0.29) is 18.5 Å². The Bertz CT molecular complexity index is 1460. The van der Waals surface area contributed by atoms with Gasteiger partial charge in [-0.1, -0.05) is 48.5 Å². The van der Waals surface area contributed by atoms with Gasteiger partial charge in [-0.2, -0.15) is 9.97 Å². The van der Waals surface area contributed by atoms with E-state index in [2.05, 4.69) is 68.3 Å². The van der Waals surface area contributed by atoms with Crippen molar-refractivity contribution in [2.24, 2.45) is 0 Å². The highest BCUT2D eigenvalue weighted by Crippen LogP contribution is 2.35. The SMILES string of the molecule is OCCN(CCO)c1nc(N2CCc3ccccc3C2)c2nc(Cl)nc(N3CCc4ccccc4C3)c2n1. The summed E-state index contributed by atoms with van der Waals surface area (Å²) < 4.78 is 0. The lowest BCUT2D eigenvalue weighted by Crippen LogP contribution is -2.35. The summed E-state index contributed by atoms with van der Waals surface area (Å²) in [6, 6.07) is 16.9. The van der Waals surface area contributed by atoms with Crippen molar-refractivity contribution in [2.45, 2.75) is 25.9 Å². The molecule has 2 aliphatic rings. The first-order valence-corrected chi connectivity index (χ1v) is 13.4. The van der Waals surface area contributed by atoms with Crippen LogP contribution in [0.2, 0.25) is 5.28 Å². The van der Waals surface area contributed by atoms with Crippen molar-refractivity contribution in [3.8, 4) is 0 Å². The fourth-order valence-corrected chi connectivity index (χ4v) is 5.60. The number of aliphatic hydroxyl groups excluding tert-OH is 2. The molecule has 38 heavy (non-hydrogen) atoms. The monoisotopic (exact) mass is 531 g/mol. The lowest BCUT2D eigenvalue weighted by Gasteiger charge is -2.33. The van der Waals surface area contributed by atoms with E-state index in [4.69, 9.17) is 21.6 Å². The summed E-state index contributed by atoms with van der Waals surface area (Å²) in [5.74, 6) is 1.78. The van der Waals surface area contributed by atoms with Gasteiger partial charge < -0.3 is 24.9 Å². The fourth-order valence-electron chi connectivity index (χ4n) is 5.44. The number of anilines is 3. The number of nitrogens with zero attached hydrogens (tertiary/aromatic N) is 7. The maximum atomic E-state index is 9.71. The average molecular weight is 532 g/mol. The lowest BCUT2D eigenvalue weighted by molar-refractivity contribution is 0.280. The van der Waals surface area contributed by atoms with E-state index < -0.39 is 0 Å². The van der Waals surface area contributed by atoms with Gasteiger partial charge in [0, 0.05) is 39.3 Å². The Morgan fingerprint density at radius 2 is 1.18 bits per heavy atom. The minimum Gasteiger partial charge on any atom is -0.395 e. The molecule has 2 aliphatic heterocycles. The molecule has 6 rings (SSSR count). The lowest BCUT2D eigenvalue weighted by atomic mass is 9.99. The van der Waals surface area contributed by atoms with Gasteiger partial charge in [-0.15, -0.1) is 0 Å². The molecular weight excluding hydrogens is 502 g/mol. The topological polar surface area (TPSA) is 102 Å². The van der Waals surface area contributed by atoms with E-state index in [0.29, 0.717) is 54.8 Å². The smallest absolute Gasteiger partial charge is 0.228 e. The Balaban J connectivity index is 1.50. The number of fused-ring (bicyclic) bond motifs is 3. The maximum Gasteiger partial charge on any atom is 0.228 e. The second-order valence-corrected chi connectivity index (χ2v) is 10.0. The van der Waals surface area contributed by atoms with E-state index in [1.807, 2.05) is 0 Å². The number of aromatic nitrogens is 4. The second kappa shape index (κ2) is 10.7. The van der Waals surface area contributed by atoms with Crippen LogP contribution < -0.4 is 14.7 Å². The van der Waals surface area contributed by atoms with Crippen molar-refractivity contribution in [2.75, 3.05) is 54.1 Å². The van der Waals surface area contributed by atoms with E-state index in [0.717, 1.165) is 25.9 Å². The van der Waals surface area contributed by atoms with Crippen molar-refractivity contribution < 1.29 is 10.2 Å².